The number of alkyl halides is 3. The molecule has 0 unspecified atom stereocenters. The molecule has 1 saturated heterocycles. The van der Waals surface area contributed by atoms with Gasteiger partial charge >= 0.3 is 12.2 Å². The third kappa shape index (κ3) is 5.94. The van der Waals surface area contributed by atoms with Gasteiger partial charge in [-0.05, 0) is 42.0 Å². The van der Waals surface area contributed by atoms with Crippen LogP contribution >= 0.6 is 0 Å². The van der Waals surface area contributed by atoms with Crippen molar-refractivity contribution < 1.29 is 27.1 Å². The summed E-state index contributed by atoms with van der Waals surface area (Å²) >= 11 is 0. The number of amides is 2. The molecular weight excluding hydrogens is 518 g/mol. The van der Waals surface area contributed by atoms with Crippen molar-refractivity contribution in [3.8, 4) is 11.1 Å². The molecule has 204 valence electrons. The summed E-state index contributed by atoms with van der Waals surface area (Å²) in [6.07, 6.45) is -2.52. The first kappa shape index (κ1) is 26.4. The van der Waals surface area contributed by atoms with Gasteiger partial charge in [0.15, 0.2) is 5.82 Å². The van der Waals surface area contributed by atoms with Gasteiger partial charge in [0.2, 0.25) is 0 Å². The number of urea groups is 1. The third-order valence-corrected chi connectivity index (χ3v) is 6.44. The van der Waals surface area contributed by atoms with Gasteiger partial charge in [0.25, 0.3) is 0 Å². The molecule has 4 N–H and O–H groups in total. The highest BCUT2D eigenvalue weighted by Gasteiger charge is 2.31. The van der Waals surface area contributed by atoms with E-state index in [0.717, 1.165) is 42.9 Å². The lowest BCUT2D eigenvalue weighted by molar-refractivity contribution is -0.137. The van der Waals surface area contributed by atoms with Crippen LogP contribution in [-0.4, -0.2) is 58.4 Å². The van der Waals surface area contributed by atoms with Crippen molar-refractivity contribution in [1.82, 2.24) is 19.5 Å². The van der Waals surface area contributed by atoms with Gasteiger partial charge in [0.1, 0.15) is 17.7 Å². The Balaban J connectivity index is 1.32. The van der Waals surface area contributed by atoms with E-state index in [1.807, 2.05) is 6.07 Å². The quantitative estimate of drug-likeness (QED) is 0.306. The fraction of sp³-hybridized carbons (Fsp3) is 0.269. The summed E-state index contributed by atoms with van der Waals surface area (Å²) in [7, 11) is 0. The molecule has 4 aromatic rings. The molecule has 0 atom stereocenters. The van der Waals surface area contributed by atoms with Crippen LogP contribution in [0, 0.1) is 5.82 Å². The second-order valence-corrected chi connectivity index (χ2v) is 9.01. The van der Waals surface area contributed by atoms with Gasteiger partial charge in [0.05, 0.1) is 24.5 Å². The van der Waals surface area contributed by atoms with Crippen LogP contribution in [0.15, 0.2) is 54.9 Å². The first-order valence-corrected chi connectivity index (χ1v) is 12.2. The molecule has 2 amide bonds. The van der Waals surface area contributed by atoms with Crippen LogP contribution in [0.2, 0.25) is 0 Å². The van der Waals surface area contributed by atoms with Crippen LogP contribution in [0.3, 0.4) is 0 Å². The number of hydrogen-bond acceptors (Lipinski definition) is 6. The Labute approximate surface area is 220 Å². The van der Waals surface area contributed by atoms with Crippen LogP contribution in [0.4, 0.5) is 39.5 Å². The van der Waals surface area contributed by atoms with Crippen molar-refractivity contribution in [2.75, 3.05) is 49.2 Å². The molecule has 2 aromatic carbocycles. The number of hydrogen-bond donors (Lipinski definition) is 3. The zero-order valence-corrected chi connectivity index (χ0v) is 20.6. The van der Waals surface area contributed by atoms with Gasteiger partial charge in [-0.1, -0.05) is 12.1 Å². The molecule has 0 spiro atoms. The first-order valence-electron chi connectivity index (χ1n) is 12.2. The normalized spacial score (nSPS) is 14.5. The molecule has 3 heterocycles. The number of fused-ring (bicyclic) bond motifs is 1. The summed E-state index contributed by atoms with van der Waals surface area (Å²) in [4.78, 5) is 18.8. The number of carbonyl (C=O) groups is 1. The molecule has 1 aliphatic heterocycles. The fourth-order valence-corrected chi connectivity index (χ4v) is 4.44. The van der Waals surface area contributed by atoms with E-state index in [2.05, 4.69) is 25.6 Å². The van der Waals surface area contributed by atoms with Crippen molar-refractivity contribution in [2.24, 2.45) is 0 Å². The van der Waals surface area contributed by atoms with Crippen molar-refractivity contribution in [2.45, 2.75) is 12.6 Å². The molecule has 39 heavy (non-hydrogen) atoms. The predicted molar refractivity (Wildman–Crippen MR) is 138 cm³/mol. The van der Waals surface area contributed by atoms with Gasteiger partial charge in [0, 0.05) is 43.0 Å². The number of ether oxygens (including phenoxy) is 1. The van der Waals surface area contributed by atoms with Crippen molar-refractivity contribution in [3.05, 3.63) is 71.9 Å². The Hall–Kier alpha value is -4.23. The van der Waals surface area contributed by atoms with E-state index in [-0.39, 0.29) is 0 Å². The van der Waals surface area contributed by atoms with Crippen LogP contribution < -0.4 is 16.4 Å². The van der Waals surface area contributed by atoms with Gasteiger partial charge < -0.3 is 21.1 Å². The Morgan fingerprint density at radius 1 is 1.05 bits per heavy atom. The molecule has 0 radical (unpaired) electrons. The summed E-state index contributed by atoms with van der Waals surface area (Å²) in [5.74, 6) is -0.666. The lowest BCUT2D eigenvalue weighted by atomic mass is 10.1. The van der Waals surface area contributed by atoms with E-state index < -0.39 is 29.3 Å². The number of halogens is 4. The lowest BCUT2D eigenvalue weighted by Gasteiger charge is -2.26. The molecule has 5 rings (SSSR count). The highest BCUT2D eigenvalue weighted by Crippen LogP contribution is 2.33. The number of nitrogens with zero attached hydrogens (tertiary/aromatic N) is 4. The molecule has 13 heteroatoms. The minimum absolute atomic E-state index is 0.322. The number of nitrogens with one attached hydrogen (secondary N) is 2. The molecule has 1 fully saturated rings. The minimum atomic E-state index is -4.67. The Bertz CT molecular complexity index is 1480. The molecular formula is C26H25F4N7O2. The number of nitrogens with two attached hydrogens (primary N) is 1. The van der Waals surface area contributed by atoms with E-state index in [0.29, 0.717) is 48.4 Å². The smallest absolute Gasteiger partial charge is 0.382 e. The molecule has 0 bridgehead atoms. The van der Waals surface area contributed by atoms with Crippen LogP contribution in [0.5, 0.6) is 0 Å². The number of benzene rings is 2. The van der Waals surface area contributed by atoms with Crippen LogP contribution in [-0.2, 0) is 17.3 Å². The zero-order valence-electron chi connectivity index (χ0n) is 20.6. The maximum absolute atomic E-state index is 14.0. The van der Waals surface area contributed by atoms with Gasteiger partial charge in [-0.3, -0.25) is 4.90 Å². The zero-order chi connectivity index (χ0) is 27.6. The Morgan fingerprint density at radius 3 is 2.51 bits per heavy atom. The monoisotopic (exact) mass is 543 g/mol. The number of carbonyl (C=O) groups excluding carboxylic acids is 1. The standard InChI is InChI=1S/C26H25F4N7O2/c27-21-6-3-17(26(28,29)30)13-22(21)35-25(38)34-18-4-1-16(2-5-18)20-14-19(7-8-36-9-11-39-12-10-36)37-23(20)24(31)32-15-33-37/h1-6,13-15H,7-12H2,(H2,31,32,33)(H2,34,35,38). The highest BCUT2D eigenvalue weighted by atomic mass is 19.4. The molecule has 0 aliphatic carbocycles. The van der Waals surface area contributed by atoms with Crippen molar-refractivity contribution in [3.63, 3.8) is 0 Å². The molecule has 9 nitrogen and oxygen atoms in total. The predicted octanol–water partition coefficient (Wildman–Crippen LogP) is 4.66. The maximum atomic E-state index is 14.0. The van der Waals surface area contributed by atoms with E-state index in [4.69, 9.17) is 10.5 Å². The van der Waals surface area contributed by atoms with E-state index in [1.165, 1.54) is 6.33 Å². The minimum Gasteiger partial charge on any atom is -0.382 e. The topological polar surface area (TPSA) is 110 Å². The summed E-state index contributed by atoms with van der Waals surface area (Å²) in [5, 5.41) is 9.01. The Morgan fingerprint density at radius 2 is 1.79 bits per heavy atom. The van der Waals surface area contributed by atoms with E-state index >= 15 is 0 Å². The number of morpholine rings is 1. The van der Waals surface area contributed by atoms with Crippen molar-refractivity contribution >= 4 is 28.7 Å². The highest BCUT2D eigenvalue weighted by molar-refractivity contribution is 6.00. The van der Waals surface area contributed by atoms with E-state index in [9.17, 15) is 22.4 Å². The van der Waals surface area contributed by atoms with Crippen molar-refractivity contribution in [1.29, 1.82) is 0 Å². The third-order valence-electron chi connectivity index (χ3n) is 6.44. The van der Waals surface area contributed by atoms with E-state index in [1.54, 1.807) is 28.8 Å². The number of anilines is 3. The summed E-state index contributed by atoms with van der Waals surface area (Å²) in [6, 6.07) is 9.67. The summed E-state index contributed by atoms with van der Waals surface area (Å²) < 4.78 is 60.0. The second-order valence-electron chi connectivity index (χ2n) is 9.01. The molecule has 1 aliphatic rings. The van der Waals surface area contributed by atoms with Gasteiger partial charge in [-0.25, -0.2) is 18.7 Å². The first-order chi connectivity index (χ1) is 18.7. The SMILES string of the molecule is Nc1ncnn2c(CCN3CCOCC3)cc(-c3ccc(NC(=O)Nc4cc(C(F)(F)F)ccc4F)cc3)c12. The van der Waals surface area contributed by atoms with Gasteiger partial charge in [-0.2, -0.15) is 18.3 Å². The average molecular weight is 544 g/mol. The largest absolute Gasteiger partial charge is 0.416 e. The van der Waals surface area contributed by atoms with Gasteiger partial charge in [-0.15, -0.1) is 0 Å². The number of nitrogen functional groups attached to an aromatic ring is 1. The number of rotatable bonds is 6. The maximum Gasteiger partial charge on any atom is 0.416 e. The average Bonchev–Trinajstić information content (AvgIpc) is 3.29. The molecule has 2 aromatic heterocycles. The lowest BCUT2D eigenvalue weighted by Crippen LogP contribution is -2.37. The van der Waals surface area contributed by atoms with Crippen LogP contribution in [0.1, 0.15) is 11.3 Å². The fourth-order valence-electron chi connectivity index (χ4n) is 4.44. The summed E-state index contributed by atoms with van der Waals surface area (Å²) in [6.45, 7) is 4.00. The summed E-state index contributed by atoms with van der Waals surface area (Å²) in [5.41, 5.74) is 8.12. The number of aromatic nitrogens is 3. The Kier molecular flexibility index (Phi) is 7.35. The molecule has 0 saturated carbocycles. The second kappa shape index (κ2) is 10.9. The van der Waals surface area contributed by atoms with Crippen LogP contribution in [0.25, 0.3) is 16.6 Å².